The second-order valence-electron chi connectivity index (χ2n) is 9.27. The molecule has 0 amide bonds. The Morgan fingerprint density at radius 1 is 1.29 bits per heavy atom. The molecular weight excluding hydrogens is 346 g/mol. The van der Waals surface area contributed by atoms with E-state index in [1.807, 2.05) is 6.20 Å². The van der Waals surface area contributed by atoms with Crippen molar-refractivity contribution in [2.24, 2.45) is 33.2 Å². The lowest BCUT2D eigenvalue weighted by Gasteiger charge is -2.37. The zero-order chi connectivity index (χ0) is 19.7. The van der Waals surface area contributed by atoms with E-state index in [2.05, 4.69) is 55.2 Å². The molecule has 3 N–H and O–H groups in total. The molecule has 0 saturated carbocycles. The number of nitrogens with one attached hydrogen (secondary N) is 1. The Morgan fingerprint density at radius 2 is 2.14 bits per heavy atom. The Bertz CT molecular complexity index is 830. The molecule has 3 heterocycles. The lowest BCUT2D eigenvalue weighted by molar-refractivity contribution is 0.192. The average molecular weight is 380 g/mol. The number of H-pyrrole nitrogens is 1. The van der Waals surface area contributed by atoms with E-state index in [-0.39, 0.29) is 11.5 Å². The minimum atomic E-state index is 0.260. The van der Waals surface area contributed by atoms with E-state index in [1.54, 1.807) is 0 Å². The van der Waals surface area contributed by atoms with Crippen LogP contribution in [0.25, 0.3) is 0 Å². The summed E-state index contributed by atoms with van der Waals surface area (Å²) in [5.74, 6) is 2.28. The number of nitrogen functional groups attached to an aromatic ring is 1. The van der Waals surface area contributed by atoms with Crippen LogP contribution in [-0.4, -0.2) is 34.5 Å². The van der Waals surface area contributed by atoms with Crippen molar-refractivity contribution in [1.29, 1.82) is 0 Å². The maximum atomic E-state index is 5.75. The number of imidazole rings is 1. The standard InChI is InChI=1S/C23H33N5/c1-15-8-10-25-18(11-17(15)12-19-13-26-22(24)28-19)7-9-23(3)14-27-20-6-4-5-16(2)21(20)23/h4,6,10-11,13,15-16,18,21H,5,7-9,12,14H2,1-3H3,(H3,24,26,28). The van der Waals surface area contributed by atoms with Gasteiger partial charge >= 0.3 is 0 Å². The molecule has 28 heavy (non-hydrogen) atoms. The van der Waals surface area contributed by atoms with Gasteiger partial charge in [-0.05, 0) is 55.2 Å². The summed E-state index contributed by atoms with van der Waals surface area (Å²) in [6.07, 6.45) is 16.2. The van der Waals surface area contributed by atoms with Gasteiger partial charge in [-0.2, -0.15) is 0 Å². The van der Waals surface area contributed by atoms with Crippen molar-refractivity contribution >= 4 is 17.9 Å². The van der Waals surface area contributed by atoms with Crippen molar-refractivity contribution in [3.05, 3.63) is 35.7 Å². The minimum absolute atomic E-state index is 0.260. The van der Waals surface area contributed by atoms with Gasteiger partial charge < -0.3 is 10.7 Å². The highest BCUT2D eigenvalue weighted by Gasteiger charge is 2.44. The molecule has 3 aliphatic rings. The maximum Gasteiger partial charge on any atom is 0.197 e. The van der Waals surface area contributed by atoms with E-state index in [4.69, 9.17) is 15.7 Å². The van der Waals surface area contributed by atoms with Gasteiger partial charge in [0.2, 0.25) is 0 Å². The number of anilines is 1. The lowest BCUT2D eigenvalue weighted by Crippen LogP contribution is -2.36. The molecule has 1 aromatic rings. The van der Waals surface area contributed by atoms with E-state index >= 15 is 0 Å². The fourth-order valence-corrected chi connectivity index (χ4v) is 5.25. The molecule has 0 fully saturated rings. The molecule has 0 aromatic carbocycles. The number of aromatic nitrogens is 2. The van der Waals surface area contributed by atoms with Crippen LogP contribution < -0.4 is 5.73 Å². The molecule has 0 radical (unpaired) electrons. The van der Waals surface area contributed by atoms with Crippen molar-refractivity contribution in [2.75, 3.05) is 12.3 Å². The van der Waals surface area contributed by atoms with Gasteiger partial charge in [-0.15, -0.1) is 0 Å². The Labute approximate surface area is 168 Å². The van der Waals surface area contributed by atoms with Gasteiger partial charge in [-0.25, -0.2) is 4.98 Å². The SMILES string of the molecule is CC1CC=NC(CCC2(C)CN=C3C=CCC(C)C32)C=C1Cc1cnc(N)[nH]1. The number of allylic oxidation sites excluding steroid dienone is 3. The third-order valence-electron chi connectivity index (χ3n) is 6.91. The van der Waals surface area contributed by atoms with Gasteiger partial charge in [-0.3, -0.25) is 9.98 Å². The van der Waals surface area contributed by atoms with Gasteiger partial charge in [0.25, 0.3) is 0 Å². The van der Waals surface area contributed by atoms with E-state index in [0.717, 1.165) is 31.5 Å². The maximum absolute atomic E-state index is 5.75. The molecule has 2 aliphatic heterocycles. The highest BCUT2D eigenvalue weighted by molar-refractivity contribution is 5.99. The number of aromatic amines is 1. The summed E-state index contributed by atoms with van der Waals surface area (Å²) in [5.41, 5.74) is 9.86. The first-order chi connectivity index (χ1) is 13.4. The van der Waals surface area contributed by atoms with Crippen LogP contribution in [-0.2, 0) is 6.42 Å². The number of rotatable bonds is 5. The molecule has 1 aromatic heterocycles. The fourth-order valence-electron chi connectivity index (χ4n) is 5.25. The Kier molecular flexibility index (Phi) is 5.26. The van der Waals surface area contributed by atoms with Crippen LogP contribution >= 0.6 is 0 Å². The molecule has 5 atom stereocenters. The molecule has 0 spiro atoms. The average Bonchev–Trinajstić information content (AvgIpc) is 3.17. The van der Waals surface area contributed by atoms with Gasteiger partial charge in [0.1, 0.15) is 0 Å². The number of hydrogen-bond donors (Lipinski definition) is 2. The summed E-state index contributed by atoms with van der Waals surface area (Å²) in [6.45, 7) is 8.06. The summed E-state index contributed by atoms with van der Waals surface area (Å²) >= 11 is 0. The van der Waals surface area contributed by atoms with Crippen molar-refractivity contribution in [1.82, 2.24) is 9.97 Å². The summed E-state index contributed by atoms with van der Waals surface area (Å²) in [5, 5.41) is 0. The molecule has 5 unspecified atom stereocenters. The number of hydrogen-bond acceptors (Lipinski definition) is 4. The highest BCUT2D eigenvalue weighted by Crippen LogP contribution is 2.46. The largest absolute Gasteiger partial charge is 0.369 e. The molecule has 4 rings (SSSR count). The van der Waals surface area contributed by atoms with Crippen LogP contribution in [0, 0.1) is 23.2 Å². The molecule has 150 valence electrons. The monoisotopic (exact) mass is 379 g/mol. The molecule has 5 heteroatoms. The number of aliphatic imine (C=N–C) groups is 2. The normalized spacial score (nSPS) is 34.7. The fraction of sp³-hybridized carbons (Fsp3) is 0.609. The topological polar surface area (TPSA) is 79.4 Å². The first kappa shape index (κ1) is 19.2. The van der Waals surface area contributed by atoms with Crippen LogP contribution in [0.15, 0.2) is 40.0 Å². The van der Waals surface area contributed by atoms with Crippen LogP contribution in [0.5, 0.6) is 0 Å². The van der Waals surface area contributed by atoms with Crippen molar-refractivity contribution in [2.45, 2.75) is 58.9 Å². The second kappa shape index (κ2) is 7.69. The number of nitrogens with two attached hydrogens (primary N) is 1. The quantitative estimate of drug-likeness (QED) is 0.744. The molecule has 0 saturated heterocycles. The minimum Gasteiger partial charge on any atom is -0.369 e. The molecule has 0 bridgehead atoms. The van der Waals surface area contributed by atoms with Crippen LogP contribution in [0.1, 0.15) is 52.1 Å². The van der Waals surface area contributed by atoms with Gasteiger partial charge in [0.15, 0.2) is 5.95 Å². The smallest absolute Gasteiger partial charge is 0.197 e. The lowest BCUT2D eigenvalue weighted by atomic mass is 9.65. The van der Waals surface area contributed by atoms with E-state index in [9.17, 15) is 0 Å². The summed E-state index contributed by atoms with van der Waals surface area (Å²) in [7, 11) is 0. The first-order valence-electron chi connectivity index (χ1n) is 10.7. The van der Waals surface area contributed by atoms with Crippen molar-refractivity contribution < 1.29 is 0 Å². The van der Waals surface area contributed by atoms with Gasteiger partial charge in [-0.1, -0.05) is 38.5 Å². The van der Waals surface area contributed by atoms with Crippen LogP contribution in [0.3, 0.4) is 0 Å². The predicted molar refractivity (Wildman–Crippen MR) is 117 cm³/mol. The predicted octanol–water partition coefficient (Wildman–Crippen LogP) is 4.39. The van der Waals surface area contributed by atoms with Crippen LogP contribution in [0.4, 0.5) is 5.95 Å². The Morgan fingerprint density at radius 3 is 2.93 bits per heavy atom. The number of fused-ring (bicyclic) bond motifs is 1. The highest BCUT2D eigenvalue weighted by atomic mass is 15.0. The molecule has 5 nitrogen and oxygen atoms in total. The molecular formula is C23H33N5. The summed E-state index contributed by atoms with van der Waals surface area (Å²) in [6, 6.07) is 0.260. The van der Waals surface area contributed by atoms with E-state index in [1.165, 1.54) is 24.1 Å². The third kappa shape index (κ3) is 3.85. The zero-order valence-electron chi connectivity index (χ0n) is 17.4. The van der Waals surface area contributed by atoms with Gasteiger partial charge in [0.05, 0.1) is 12.2 Å². The van der Waals surface area contributed by atoms with Crippen LogP contribution in [0.2, 0.25) is 0 Å². The summed E-state index contributed by atoms with van der Waals surface area (Å²) in [4.78, 5) is 17.1. The third-order valence-corrected chi connectivity index (χ3v) is 6.91. The van der Waals surface area contributed by atoms with E-state index < -0.39 is 0 Å². The second-order valence-corrected chi connectivity index (χ2v) is 9.27. The van der Waals surface area contributed by atoms with Crippen molar-refractivity contribution in [3.63, 3.8) is 0 Å². The molecule has 1 aliphatic carbocycles. The first-order valence-corrected chi connectivity index (χ1v) is 10.7. The summed E-state index contributed by atoms with van der Waals surface area (Å²) < 4.78 is 0. The van der Waals surface area contributed by atoms with E-state index in [0.29, 0.717) is 23.7 Å². The number of nitrogens with zero attached hydrogens (tertiary/aromatic N) is 3. The van der Waals surface area contributed by atoms with Gasteiger partial charge in [0, 0.05) is 30.3 Å². The van der Waals surface area contributed by atoms with Crippen molar-refractivity contribution in [3.8, 4) is 0 Å². The Hall–Kier alpha value is -2.17. The Balaban J connectivity index is 1.45. The zero-order valence-corrected chi connectivity index (χ0v) is 17.4.